The van der Waals surface area contributed by atoms with E-state index in [0.717, 1.165) is 25.0 Å². The number of carbonyl (C=O) groups excluding carboxylic acids is 1. The summed E-state index contributed by atoms with van der Waals surface area (Å²) < 4.78 is 5.47. The Labute approximate surface area is 129 Å². The van der Waals surface area contributed by atoms with Crippen molar-refractivity contribution in [1.29, 1.82) is 0 Å². The number of aliphatic hydroxyl groups is 1. The van der Waals surface area contributed by atoms with E-state index in [9.17, 15) is 9.90 Å². The van der Waals surface area contributed by atoms with Crippen LogP contribution in [0.4, 0.5) is 4.79 Å². The number of amides is 2. The van der Waals surface area contributed by atoms with E-state index < -0.39 is 0 Å². The van der Waals surface area contributed by atoms with Crippen LogP contribution >= 0.6 is 11.6 Å². The molecule has 1 aromatic rings. The Morgan fingerprint density at radius 3 is 2.71 bits per heavy atom. The summed E-state index contributed by atoms with van der Waals surface area (Å²) in [5, 5.41) is 15.6. The summed E-state index contributed by atoms with van der Waals surface area (Å²) in [6.07, 6.45) is 2.39. The fourth-order valence-electron chi connectivity index (χ4n) is 2.40. The Balaban J connectivity index is 1.54. The minimum atomic E-state index is -0.201. The molecule has 1 fully saturated rings. The lowest BCUT2D eigenvalue weighted by atomic mass is 10.1. The second-order valence-corrected chi connectivity index (χ2v) is 5.71. The van der Waals surface area contributed by atoms with Crippen molar-refractivity contribution in [2.75, 3.05) is 19.7 Å². The number of ether oxygens (including phenoxy) is 1. The van der Waals surface area contributed by atoms with Gasteiger partial charge < -0.3 is 20.5 Å². The van der Waals surface area contributed by atoms with Crippen molar-refractivity contribution in [3.8, 4) is 5.75 Å². The van der Waals surface area contributed by atoms with Crippen molar-refractivity contribution in [2.45, 2.75) is 25.4 Å². The summed E-state index contributed by atoms with van der Waals surface area (Å²) in [5.41, 5.74) is 0. The number of benzene rings is 1. The summed E-state index contributed by atoms with van der Waals surface area (Å²) in [5.74, 6) is 1.11. The molecule has 0 bridgehead atoms. The van der Waals surface area contributed by atoms with E-state index in [2.05, 4.69) is 10.6 Å². The van der Waals surface area contributed by atoms with Gasteiger partial charge in [-0.25, -0.2) is 4.79 Å². The summed E-state index contributed by atoms with van der Waals surface area (Å²) in [7, 11) is 0. The Morgan fingerprint density at radius 2 is 2.05 bits per heavy atom. The van der Waals surface area contributed by atoms with Crippen LogP contribution in [0.1, 0.15) is 19.3 Å². The van der Waals surface area contributed by atoms with Gasteiger partial charge in [-0.3, -0.25) is 0 Å². The van der Waals surface area contributed by atoms with Gasteiger partial charge >= 0.3 is 6.03 Å². The van der Waals surface area contributed by atoms with Crippen LogP contribution in [0.2, 0.25) is 5.02 Å². The highest BCUT2D eigenvalue weighted by Gasteiger charge is 2.22. The van der Waals surface area contributed by atoms with Crippen LogP contribution < -0.4 is 15.4 Å². The van der Waals surface area contributed by atoms with Crippen LogP contribution in [0, 0.1) is 5.92 Å². The maximum Gasteiger partial charge on any atom is 0.314 e. The molecule has 2 atom stereocenters. The van der Waals surface area contributed by atoms with E-state index in [0.29, 0.717) is 30.6 Å². The van der Waals surface area contributed by atoms with Crippen molar-refractivity contribution < 1.29 is 14.6 Å². The molecule has 0 radical (unpaired) electrons. The van der Waals surface area contributed by atoms with E-state index in [1.165, 1.54) is 0 Å². The molecule has 2 rings (SSSR count). The van der Waals surface area contributed by atoms with Crippen LogP contribution in [0.25, 0.3) is 0 Å². The number of carbonyl (C=O) groups is 1. The van der Waals surface area contributed by atoms with Crippen molar-refractivity contribution in [3.05, 3.63) is 29.3 Å². The molecule has 1 aliphatic carbocycles. The van der Waals surface area contributed by atoms with E-state index in [-0.39, 0.29) is 12.1 Å². The Kier molecular flexibility index (Phi) is 6.14. The lowest BCUT2D eigenvalue weighted by molar-refractivity contribution is 0.177. The predicted molar refractivity (Wildman–Crippen MR) is 81.7 cm³/mol. The number of rotatable bonds is 6. The van der Waals surface area contributed by atoms with Crippen molar-refractivity contribution in [1.82, 2.24) is 10.6 Å². The molecule has 1 saturated carbocycles. The zero-order valence-electron chi connectivity index (χ0n) is 11.8. The molecule has 0 heterocycles. The van der Waals surface area contributed by atoms with Crippen LogP contribution in [0.15, 0.2) is 24.3 Å². The normalized spacial score (nSPS) is 21.0. The van der Waals surface area contributed by atoms with Crippen LogP contribution in [0.3, 0.4) is 0 Å². The first-order valence-electron chi connectivity index (χ1n) is 7.21. The predicted octanol–water partition coefficient (Wildman–Crippen LogP) is 2.18. The number of aliphatic hydroxyl groups excluding tert-OH is 1. The fraction of sp³-hybridized carbons (Fsp3) is 0.533. The molecule has 0 spiro atoms. The van der Waals surface area contributed by atoms with Gasteiger partial charge in [-0.1, -0.05) is 11.6 Å². The molecule has 6 heteroatoms. The van der Waals surface area contributed by atoms with Gasteiger partial charge in [0, 0.05) is 11.6 Å². The Bertz CT molecular complexity index is 453. The van der Waals surface area contributed by atoms with Gasteiger partial charge in [-0.05, 0) is 49.4 Å². The SMILES string of the molecule is O=C(NCCOc1ccc(Cl)cc1)NCC1CCC(O)C1. The molecule has 2 amide bonds. The first kappa shape index (κ1) is 15.9. The van der Waals surface area contributed by atoms with Crippen molar-refractivity contribution in [3.63, 3.8) is 0 Å². The highest BCUT2D eigenvalue weighted by atomic mass is 35.5. The van der Waals surface area contributed by atoms with Gasteiger partial charge in [0.05, 0.1) is 12.6 Å². The molecule has 3 N–H and O–H groups in total. The minimum Gasteiger partial charge on any atom is -0.492 e. The van der Waals surface area contributed by atoms with Crippen molar-refractivity contribution >= 4 is 17.6 Å². The summed E-state index contributed by atoms with van der Waals surface area (Å²) in [6.45, 7) is 1.44. The quantitative estimate of drug-likeness (QED) is 0.705. The molecular formula is C15H21ClN2O3. The minimum absolute atomic E-state index is 0.198. The monoisotopic (exact) mass is 312 g/mol. The highest BCUT2D eigenvalue weighted by Crippen LogP contribution is 2.24. The van der Waals surface area contributed by atoms with E-state index in [4.69, 9.17) is 16.3 Å². The Morgan fingerprint density at radius 1 is 1.29 bits per heavy atom. The second-order valence-electron chi connectivity index (χ2n) is 5.27. The first-order chi connectivity index (χ1) is 10.1. The molecule has 1 aromatic carbocycles. The zero-order valence-corrected chi connectivity index (χ0v) is 12.6. The van der Waals surface area contributed by atoms with Crippen LogP contribution in [0.5, 0.6) is 5.75 Å². The van der Waals surface area contributed by atoms with Gasteiger partial charge in [-0.2, -0.15) is 0 Å². The molecule has 0 saturated heterocycles. The average Bonchev–Trinajstić information content (AvgIpc) is 2.89. The first-order valence-corrected chi connectivity index (χ1v) is 7.59. The smallest absolute Gasteiger partial charge is 0.314 e. The second kappa shape index (κ2) is 8.10. The van der Waals surface area contributed by atoms with Gasteiger partial charge in [0.2, 0.25) is 0 Å². The third-order valence-corrected chi connectivity index (χ3v) is 3.79. The number of hydrogen-bond donors (Lipinski definition) is 3. The van der Waals surface area contributed by atoms with E-state index in [1.807, 2.05) is 0 Å². The molecule has 21 heavy (non-hydrogen) atoms. The van der Waals surface area contributed by atoms with E-state index in [1.54, 1.807) is 24.3 Å². The summed E-state index contributed by atoms with van der Waals surface area (Å²) >= 11 is 5.78. The number of urea groups is 1. The van der Waals surface area contributed by atoms with Gasteiger partial charge in [0.25, 0.3) is 0 Å². The van der Waals surface area contributed by atoms with Crippen LogP contribution in [-0.2, 0) is 0 Å². The third-order valence-electron chi connectivity index (χ3n) is 3.53. The summed E-state index contributed by atoms with van der Waals surface area (Å²) in [4.78, 5) is 11.6. The lowest BCUT2D eigenvalue weighted by Gasteiger charge is -2.12. The molecule has 2 unspecified atom stereocenters. The number of hydrogen-bond acceptors (Lipinski definition) is 3. The molecule has 116 valence electrons. The highest BCUT2D eigenvalue weighted by molar-refractivity contribution is 6.30. The number of halogens is 1. The standard InChI is InChI=1S/C15H21ClN2O3/c16-12-2-5-14(6-3-12)21-8-7-17-15(20)18-10-11-1-4-13(19)9-11/h2-3,5-6,11,13,19H,1,4,7-10H2,(H2,17,18,20). The zero-order chi connectivity index (χ0) is 15.1. The number of nitrogens with one attached hydrogen (secondary N) is 2. The van der Waals surface area contributed by atoms with E-state index >= 15 is 0 Å². The average molecular weight is 313 g/mol. The molecule has 0 aromatic heterocycles. The van der Waals surface area contributed by atoms with Gasteiger partial charge in [0.1, 0.15) is 12.4 Å². The maximum absolute atomic E-state index is 11.6. The fourth-order valence-corrected chi connectivity index (χ4v) is 2.52. The van der Waals surface area contributed by atoms with Crippen molar-refractivity contribution in [2.24, 2.45) is 5.92 Å². The van der Waals surface area contributed by atoms with Gasteiger partial charge in [-0.15, -0.1) is 0 Å². The molecule has 0 aliphatic heterocycles. The lowest BCUT2D eigenvalue weighted by Crippen LogP contribution is -2.39. The van der Waals surface area contributed by atoms with Gasteiger partial charge in [0.15, 0.2) is 0 Å². The molecule has 5 nitrogen and oxygen atoms in total. The topological polar surface area (TPSA) is 70.6 Å². The molecular weight excluding hydrogens is 292 g/mol. The maximum atomic E-state index is 11.6. The largest absolute Gasteiger partial charge is 0.492 e. The third kappa shape index (κ3) is 5.81. The Hall–Kier alpha value is -1.46. The molecule has 1 aliphatic rings. The summed E-state index contributed by atoms with van der Waals surface area (Å²) in [6, 6.07) is 6.89. The van der Waals surface area contributed by atoms with Crippen LogP contribution in [-0.4, -0.2) is 36.9 Å².